The van der Waals surface area contributed by atoms with E-state index in [0.29, 0.717) is 60.9 Å². The number of nitrogens with one attached hydrogen (secondary N) is 1. The maximum absolute atomic E-state index is 12.6. The smallest absolute Gasteiger partial charge is 0.123 e. The lowest BCUT2D eigenvalue weighted by Gasteiger charge is -2.39. The summed E-state index contributed by atoms with van der Waals surface area (Å²) in [4.78, 5) is 0. The van der Waals surface area contributed by atoms with Gasteiger partial charge < -0.3 is 30.8 Å². The number of phenolic OH excluding ortho intramolecular Hbond substituents is 5. The monoisotopic (exact) mass is 1230 g/mol. The van der Waals surface area contributed by atoms with Gasteiger partial charge in [-0.05, 0) is 194 Å². The molecule has 0 fully saturated rings. The summed E-state index contributed by atoms with van der Waals surface area (Å²) in [5, 5.41) is 66.0. The number of fused-ring (bicyclic) bond motifs is 6. The lowest BCUT2D eigenvalue weighted by atomic mass is 9.66. The fourth-order valence-electron chi connectivity index (χ4n) is 14.3. The lowest BCUT2D eigenvalue weighted by molar-refractivity contribution is 0.323. The van der Waals surface area contributed by atoms with Gasteiger partial charge in [-0.1, -0.05) is 261 Å². The second kappa shape index (κ2) is 23.4. The molecule has 91 heavy (non-hydrogen) atoms. The van der Waals surface area contributed by atoms with Crippen LogP contribution in [-0.4, -0.2) is 25.5 Å². The largest absolute Gasteiger partial charge is 0.507 e. The summed E-state index contributed by atoms with van der Waals surface area (Å²) >= 11 is 0. The molecule has 7 aromatic carbocycles. The molecule has 1 aliphatic rings. The van der Waals surface area contributed by atoms with Crippen molar-refractivity contribution in [1.29, 1.82) is 0 Å². The Kier molecular flexibility index (Phi) is 18.1. The van der Waals surface area contributed by atoms with E-state index in [1.54, 1.807) is 0 Å². The first-order chi connectivity index (χ1) is 41.2. The van der Waals surface area contributed by atoms with E-state index in [9.17, 15) is 25.5 Å². The molecule has 6 bridgehead atoms. The maximum atomic E-state index is 12.6. The Balaban J connectivity index is 1.52. The van der Waals surface area contributed by atoms with Crippen molar-refractivity contribution in [2.45, 2.75) is 280 Å². The molecular weight excluding hydrogens is 1110 g/mol. The minimum Gasteiger partial charge on any atom is -0.507 e. The summed E-state index contributed by atoms with van der Waals surface area (Å²) in [5.41, 5.74) is 17.8. The molecule has 0 saturated carbocycles. The van der Waals surface area contributed by atoms with Gasteiger partial charge in [-0.25, -0.2) is 0 Å². The first-order valence-corrected chi connectivity index (χ1v) is 33.6. The highest BCUT2D eigenvalue weighted by Gasteiger charge is 2.39. The molecule has 0 radical (unpaired) electrons. The summed E-state index contributed by atoms with van der Waals surface area (Å²) < 4.78 is 0. The van der Waals surface area contributed by atoms with Crippen molar-refractivity contribution in [1.82, 2.24) is 0 Å². The highest BCUT2D eigenvalue weighted by molar-refractivity contribution is 5.87. The van der Waals surface area contributed by atoms with Gasteiger partial charge in [0, 0.05) is 39.2 Å². The molecular formula is C85H115NO5. The number of benzene rings is 7. The highest BCUT2D eigenvalue weighted by atomic mass is 16.3. The molecule has 0 unspecified atom stereocenters. The molecule has 0 atom stereocenters. The van der Waals surface area contributed by atoms with Crippen molar-refractivity contribution in [3.05, 3.63) is 191 Å². The molecule has 7 aromatic rings. The summed E-state index contributed by atoms with van der Waals surface area (Å²) in [6, 6.07) is 33.8. The average molecular weight is 1230 g/mol. The molecule has 0 aromatic heterocycles. The van der Waals surface area contributed by atoms with Gasteiger partial charge in [0.2, 0.25) is 0 Å². The van der Waals surface area contributed by atoms with Crippen LogP contribution in [0.2, 0.25) is 0 Å². The molecule has 1 aliphatic carbocycles. The normalized spacial score (nSPS) is 15.2. The summed E-state index contributed by atoms with van der Waals surface area (Å²) in [6.07, 6.45) is 3.00. The van der Waals surface area contributed by atoms with E-state index in [0.717, 1.165) is 123 Å². The van der Waals surface area contributed by atoms with Crippen molar-refractivity contribution >= 4 is 11.4 Å². The molecule has 490 valence electrons. The molecule has 6 nitrogen and oxygen atoms in total. The zero-order valence-corrected chi connectivity index (χ0v) is 61.4. The quantitative estimate of drug-likeness (QED) is 0.0948. The Morgan fingerprint density at radius 3 is 1.04 bits per heavy atom. The van der Waals surface area contributed by atoms with Crippen molar-refractivity contribution in [3.63, 3.8) is 0 Å². The minimum absolute atomic E-state index is 0.319. The number of hydrogen-bond acceptors (Lipinski definition) is 6. The Morgan fingerprint density at radius 1 is 0.341 bits per heavy atom. The first kappa shape index (κ1) is 70.2. The average Bonchev–Trinajstić information content (AvgIpc) is 0.937. The maximum Gasteiger partial charge on any atom is 0.123 e. The van der Waals surface area contributed by atoms with Gasteiger partial charge in [0.05, 0.1) is 0 Å². The first-order valence-electron chi connectivity index (χ1n) is 33.6. The summed E-state index contributed by atoms with van der Waals surface area (Å²) in [7, 11) is 0. The van der Waals surface area contributed by atoms with Crippen LogP contribution in [0.5, 0.6) is 28.7 Å². The Morgan fingerprint density at radius 2 is 0.670 bits per heavy atom. The number of phenols is 5. The Hall–Kier alpha value is -6.66. The van der Waals surface area contributed by atoms with Crippen LogP contribution < -0.4 is 5.32 Å². The summed E-state index contributed by atoms with van der Waals surface area (Å²) in [5.74, 6) is 1.69. The van der Waals surface area contributed by atoms with Gasteiger partial charge >= 0.3 is 0 Å². The minimum atomic E-state index is -0.523. The van der Waals surface area contributed by atoms with Crippen LogP contribution in [0, 0.1) is 0 Å². The Bertz CT molecular complexity index is 3830. The van der Waals surface area contributed by atoms with Gasteiger partial charge in [0.1, 0.15) is 28.7 Å². The van der Waals surface area contributed by atoms with Crippen LogP contribution in [-0.2, 0) is 79.8 Å². The SMILES string of the molecule is CC(C)(C)c1cc(Cc2cc(Cc3cc(C(C)(C)C)c(O)c(C(C)(C)C)c3)c(Nc3ccc4cc3Cc3cc(C(C)(C)C)c(O)c(c3)C(C)(C)CC(C)(C)c3cc(cc(C(C)(C)C)c3O)C4)c(-c3cc(C(C)(C)C)c(O)c(C(C)(C)C)c3)c2)cc(C(C)(C)C)c1O. The van der Waals surface area contributed by atoms with E-state index in [-0.39, 0.29) is 32.5 Å². The van der Waals surface area contributed by atoms with Crippen LogP contribution in [0.25, 0.3) is 11.1 Å². The molecule has 8 rings (SSSR count). The van der Waals surface area contributed by atoms with Crippen molar-refractivity contribution in [2.24, 2.45) is 0 Å². The van der Waals surface area contributed by atoms with E-state index in [1.807, 2.05) is 0 Å². The van der Waals surface area contributed by atoms with E-state index < -0.39 is 21.7 Å². The van der Waals surface area contributed by atoms with Crippen LogP contribution in [0.3, 0.4) is 0 Å². The van der Waals surface area contributed by atoms with Crippen molar-refractivity contribution < 1.29 is 25.5 Å². The predicted molar refractivity (Wildman–Crippen MR) is 387 cm³/mol. The fraction of sp³-hybridized carbons (Fsp3) is 0.506. The second-order valence-electron chi connectivity index (χ2n) is 37.0. The second-order valence-corrected chi connectivity index (χ2v) is 37.0. The number of rotatable bonds is 7. The van der Waals surface area contributed by atoms with Crippen LogP contribution in [0.1, 0.15) is 300 Å². The predicted octanol–water partition coefficient (Wildman–Crippen LogP) is 22.3. The standard InChI is InChI=1S/C85H115NO5/c1-76(2,3)59-39-52(40-60(71(59)87)77(4,5)6)32-50-35-57(36-54-42-61(78(7,8)9)72(88)62(43-54)79(10,11)12)70(58(37-50)55-46-65(82(19,20)21)73(89)66(47-55)83(22,23)24)86-69-30-29-49-31-51-38-63(80(13,14)15)74(90)67(44-51)84(25,26)48-85(27,28)68-45-53(34-56(69)33-49)41-64(75(68)91)81(16,17)18/h29-30,33,35,37-47,86-91H,31-32,34,36,48H2,1-28H3. The third-order valence-electron chi connectivity index (χ3n) is 19.2. The molecule has 6 heteroatoms. The van der Waals surface area contributed by atoms with Gasteiger partial charge in [-0.3, -0.25) is 0 Å². The molecule has 0 heterocycles. The number of aromatic hydroxyl groups is 5. The van der Waals surface area contributed by atoms with Gasteiger partial charge in [-0.15, -0.1) is 0 Å². The van der Waals surface area contributed by atoms with Crippen LogP contribution in [0.4, 0.5) is 11.4 Å². The Labute approximate surface area is 550 Å². The topological polar surface area (TPSA) is 113 Å². The third-order valence-corrected chi connectivity index (χ3v) is 19.2. The third kappa shape index (κ3) is 14.9. The fourth-order valence-corrected chi connectivity index (χ4v) is 14.3. The molecule has 0 spiro atoms. The molecule has 6 N–H and O–H groups in total. The molecule has 0 aliphatic heterocycles. The number of anilines is 2. The van der Waals surface area contributed by atoms with Gasteiger partial charge in [0.25, 0.3) is 0 Å². The van der Waals surface area contributed by atoms with Crippen molar-refractivity contribution in [2.75, 3.05) is 5.32 Å². The number of hydrogen-bond donors (Lipinski definition) is 6. The lowest BCUT2D eigenvalue weighted by Crippen LogP contribution is -2.31. The highest BCUT2D eigenvalue weighted by Crippen LogP contribution is 2.52. The van der Waals surface area contributed by atoms with Gasteiger partial charge in [0.15, 0.2) is 0 Å². The molecule has 0 saturated heterocycles. The van der Waals surface area contributed by atoms with Crippen molar-refractivity contribution in [3.8, 4) is 39.9 Å². The zero-order valence-electron chi connectivity index (χ0n) is 61.4. The van der Waals surface area contributed by atoms with Crippen LogP contribution in [0.15, 0.2) is 91.0 Å². The van der Waals surface area contributed by atoms with Crippen LogP contribution >= 0.6 is 0 Å². The van der Waals surface area contributed by atoms with E-state index in [4.69, 9.17) is 0 Å². The van der Waals surface area contributed by atoms with E-state index >= 15 is 0 Å². The summed E-state index contributed by atoms with van der Waals surface area (Å²) in [6.45, 7) is 61.2. The zero-order chi connectivity index (χ0) is 68.4. The van der Waals surface area contributed by atoms with Gasteiger partial charge in [-0.2, -0.15) is 0 Å². The van der Waals surface area contributed by atoms with E-state index in [1.165, 1.54) is 0 Å². The van der Waals surface area contributed by atoms with E-state index in [2.05, 4.69) is 290 Å². The molecule has 0 amide bonds.